The van der Waals surface area contributed by atoms with Gasteiger partial charge in [0.25, 0.3) is 5.91 Å². The van der Waals surface area contributed by atoms with Gasteiger partial charge in [-0.15, -0.1) is 0 Å². The minimum Gasteiger partial charge on any atom is -0.396 e. The highest BCUT2D eigenvalue weighted by Gasteiger charge is 2.32. The molecule has 0 aromatic carbocycles. The number of aliphatic hydroxyl groups excluding tert-OH is 1. The van der Waals surface area contributed by atoms with Crippen molar-refractivity contribution in [2.75, 3.05) is 25.4 Å². The molecule has 0 saturated carbocycles. The predicted octanol–water partition coefficient (Wildman–Crippen LogP) is 0.0980. The Morgan fingerprint density at radius 3 is 2.87 bits per heavy atom. The number of aliphatic hydroxyl groups is 1. The molecule has 0 bridgehead atoms. The highest BCUT2D eigenvalue weighted by Crippen LogP contribution is 2.25. The number of aryl methyl sites for hydroxylation is 1. The van der Waals surface area contributed by atoms with Crippen LogP contribution >= 0.6 is 11.3 Å². The minimum absolute atomic E-state index is 0.0219. The van der Waals surface area contributed by atoms with E-state index in [0.717, 1.165) is 0 Å². The van der Waals surface area contributed by atoms with Gasteiger partial charge in [-0.25, -0.2) is 4.98 Å². The van der Waals surface area contributed by atoms with Crippen molar-refractivity contribution >= 4 is 22.4 Å². The molecule has 0 radical (unpaired) electrons. The first kappa shape index (κ1) is 10.4. The monoisotopic (exact) mass is 227 g/mol. The molecule has 0 spiro atoms. The highest BCUT2D eigenvalue weighted by atomic mass is 32.1. The molecular formula is C9H13N3O2S. The van der Waals surface area contributed by atoms with Gasteiger partial charge < -0.3 is 15.7 Å². The summed E-state index contributed by atoms with van der Waals surface area (Å²) in [5.41, 5.74) is 6.22. The smallest absolute Gasteiger partial charge is 0.265 e. The third-order valence-electron chi connectivity index (χ3n) is 2.51. The minimum atomic E-state index is -0.0219. The van der Waals surface area contributed by atoms with Gasteiger partial charge in [-0.2, -0.15) is 0 Å². The van der Waals surface area contributed by atoms with Crippen molar-refractivity contribution in [3.63, 3.8) is 0 Å². The summed E-state index contributed by atoms with van der Waals surface area (Å²) in [5, 5.41) is 9.27. The van der Waals surface area contributed by atoms with Crippen LogP contribution in [0.2, 0.25) is 0 Å². The molecule has 0 aliphatic carbocycles. The van der Waals surface area contributed by atoms with Crippen LogP contribution in [0.5, 0.6) is 0 Å². The normalized spacial score (nSPS) is 16.5. The first-order valence-electron chi connectivity index (χ1n) is 4.75. The third kappa shape index (κ3) is 1.82. The van der Waals surface area contributed by atoms with Crippen LogP contribution < -0.4 is 5.73 Å². The molecule has 82 valence electrons. The molecule has 0 atom stereocenters. The van der Waals surface area contributed by atoms with Gasteiger partial charge in [0.1, 0.15) is 4.88 Å². The SMILES string of the molecule is Cc1nc(N)sc1C(=O)N1CC(CO)C1. The number of rotatable bonds is 2. The van der Waals surface area contributed by atoms with E-state index in [9.17, 15) is 4.79 Å². The van der Waals surface area contributed by atoms with E-state index >= 15 is 0 Å². The summed E-state index contributed by atoms with van der Waals surface area (Å²) in [7, 11) is 0. The number of thiazole rings is 1. The predicted molar refractivity (Wildman–Crippen MR) is 57.7 cm³/mol. The Hall–Kier alpha value is -1.14. The van der Waals surface area contributed by atoms with Crippen LogP contribution in [0.15, 0.2) is 0 Å². The van der Waals surface area contributed by atoms with Gasteiger partial charge in [0.05, 0.1) is 5.69 Å². The van der Waals surface area contributed by atoms with E-state index in [1.54, 1.807) is 11.8 Å². The molecule has 1 saturated heterocycles. The number of carbonyl (C=O) groups excluding carboxylic acids is 1. The zero-order valence-corrected chi connectivity index (χ0v) is 9.25. The fourth-order valence-corrected chi connectivity index (χ4v) is 2.41. The summed E-state index contributed by atoms with van der Waals surface area (Å²) >= 11 is 1.22. The van der Waals surface area contributed by atoms with Crippen molar-refractivity contribution in [2.45, 2.75) is 6.92 Å². The van der Waals surface area contributed by atoms with Gasteiger partial charge in [0.15, 0.2) is 5.13 Å². The number of nitrogens with zero attached hydrogens (tertiary/aromatic N) is 2. The van der Waals surface area contributed by atoms with Crippen molar-refractivity contribution in [3.05, 3.63) is 10.6 Å². The average molecular weight is 227 g/mol. The standard InChI is InChI=1S/C9H13N3O2S/c1-5-7(15-9(10)11-5)8(14)12-2-6(3-12)4-13/h6,13H,2-4H2,1H3,(H2,10,11). The lowest BCUT2D eigenvalue weighted by atomic mass is 10.0. The van der Waals surface area contributed by atoms with Crippen molar-refractivity contribution < 1.29 is 9.90 Å². The molecular weight excluding hydrogens is 214 g/mol. The van der Waals surface area contributed by atoms with E-state index in [1.165, 1.54) is 11.3 Å². The van der Waals surface area contributed by atoms with Crippen molar-refractivity contribution in [2.24, 2.45) is 5.92 Å². The van der Waals surface area contributed by atoms with E-state index in [0.29, 0.717) is 28.8 Å². The Balaban J connectivity index is 2.06. The summed E-state index contributed by atoms with van der Waals surface area (Å²) in [6.45, 7) is 3.19. The lowest BCUT2D eigenvalue weighted by molar-refractivity contribution is 0.0365. The Kier molecular flexibility index (Phi) is 2.62. The molecule has 1 aliphatic rings. The number of anilines is 1. The molecule has 1 fully saturated rings. The van der Waals surface area contributed by atoms with E-state index in [4.69, 9.17) is 10.8 Å². The fourth-order valence-electron chi connectivity index (χ4n) is 1.61. The summed E-state index contributed by atoms with van der Waals surface area (Å²) in [5.74, 6) is 0.214. The number of likely N-dealkylation sites (tertiary alicyclic amines) is 1. The largest absolute Gasteiger partial charge is 0.396 e. The first-order valence-corrected chi connectivity index (χ1v) is 5.56. The van der Waals surface area contributed by atoms with Crippen LogP contribution in [0, 0.1) is 12.8 Å². The van der Waals surface area contributed by atoms with Crippen LogP contribution in [-0.4, -0.2) is 40.6 Å². The van der Waals surface area contributed by atoms with Crippen LogP contribution in [0.1, 0.15) is 15.4 Å². The number of hydrogen-bond donors (Lipinski definition) is 2. The van der Waals surface area contributed by atoms with Gasteiger partial charge >= 0.3 is 0 Å². The zero-order chi connectivity index (χ0) is 11.0. The van der Waals surface area contributed by atoms with Crippen LogP contribution in [0.3, 0.4) is 0 Å². The maximum atomic E-state index is 11.9. The molecule has 2 heterocycles. The van der Waals surface area contributed by atoms with Crippen molar-refractivity contribution in [1.29, 1.82) is 0 Å². The maximum Gasteiger partial charge on any atom is 0.265 e. The number of nitrogens with two attached hydrogens (primary N) is 1. The summed E-state index contributed by atoms with van der Waals surface area (Å²) < 4.78 is 0. The number of aromatic nitrogens is 1. The first-order chi connectivity index (χ1) is 7.11. The maximum absolute atomic E-state index is 11.9. The number of amides is 1. The van der Waals surface area contributed by atoms with Crippen LogP contribution in [0.25, 0.3) is 0 Å². The summed E-state index contributed by atoms with van der Waals surface area (Å²) in [6, 6.07) is 0. The molecule has 2 rings (SSSR count). The zero-order valence-electron chi connectivity index (χ0n) is 8.43. The van der Waals surface area contributed by atoms with Gasteiger partial charge in [-0.05, 0) is 6.92 Å². The van der Waals surface area contributed by atoms with Gasteiger partial charge in [-0.1, -0.05) is 11.3 Å². The molecule has 1 amide bonds. The molecule has 1 aliphatic heterocycles. The molecule has 15 heavy (non-hydrogen) atoms. The van der Waals surface area contributed by atoms with E-state index < -0.39 is 0 Å². The highest BCUT2D eigenvalue weighted by molar-refractivity contribution is 7.17. The number of hydrogen-bond acceptors (Lipinski definition) is 5. The van der Waals surface area contributed by atoms with Crippen molar-refractivity contribution in [1.82, 2.24) is 9.88 Å². The molecule has 1 aromatic rings. The molecule has 1 aromatic heterocycles. The third-order valence-corrected chi connectivity index (χ3v) is 3.48. The van der Waals surface area contributed by atoms with Gasteiger partial charge in [0, 0.05) is 25.6 Å². The second kappa shape index (κ2) is 3.79. The lowest BCUT2D eigenvalue weighted by Crippen LogP contribution is -2.51. The quantitative estimate of drug-likeness (QED) is 0.751. The number of carbonyl (C=O) groups is 1. The molecule has 3 N–H and O–H groups in total. The average Bonchev–Trinajstić information content (AvgIpc) is 2.43. The molecule has 0 unspecified atom stereocenters. The fraction of sp³-hybridized carbons (Fsp3) is 0.556. The molecule has 5 nitrogen and oxygen atoms in total. The van der Waals surface area contributed by atoms with Gasteiger partial charge in [-0.3, -0.25) is 4.79 Å². The summed E-state index contributed by atoms with van der Waals surface area (Å²) in [6.07, 6.45) is 0. The molecule has 6 heteroatoms. The Bertz CT molecular complexity index is 385. The van der Waals surface area contributed by atoms with Gasteiger partial charge in [0.2, 0.25) is 0 Å². The number of nitrogen functional groups attached to an aromatic ring is 1. The second-order valence-electron chi connectivity index (χ2n) is 3.73. The van der Waals surface area contributed by atoms with E-state index in [2.05, 4.69) is 4.98 Å². The van der Waals surface area contributed by atoms with Crippen molar-refractivity contribution in [3.8, 4) is 0 Å². The lowest BCUT2D eigenvalue weighted by Gasteiger charge is -2.37. The second-order valence-corrected chi connectivity index (χ2v) is 4.76. The van der Waals surface area contributed by atoms with Crippen LogP contribution in [-0.2, 0) is 0 Å². The summed E-state index contributed by atoms with van der Waals surface area (Å²) in [4.78, 5) is 18.2. The Labute approximate surface area is 91.5 Å². The van der Waals surface area contributed by atoms with E-state index in [-0.39, 0.29) is 18.4 Å². The Morgan fingerprint density at radius 2 is 2.40 bits per heavy atom. The topological polar surface area (TPSA) is 79.5 Å². The van der Waals surface area contributed by atoms with E-state index in [1.807, 2.05) is 0 Å². The van der Waals surface area contributed by atoms with Crippen LogP contribution in [0.4, 0.5) is 5.13 Å². The Morgan fingerprint density at radius 1 is 1.73 bits per heavy atom.